The van der Waals surface area contributed by atoms with Gasteiger partial charge in [-0.2, -0.15) is 0 Å². The normalized spacial score (nSPS) is 20.9. The van der Waals surface area contributed by atoms with Crippen LogP contribution < -0.4 is 5.32 Å². The number of hydrogen-bond donors (Lipinski definition) is 2. The van der Waals surface area contributed by atoms with Crippen molar-refractivity contribution in [2.45, 2.75) is 25.4 Å². The Labute approximate surface area is 146 Å². The summed E-state index contributed by atoms with van der Waals surface area (Å²) in [4.78, 5) is 25.2. The predicted molar refractivity (Wildman–Crippen MR) is 94.3 cm³/mol. The van der Waals surface area contributed by atoms with E-state index in [-0.39, 0.29) is 11.6 Å². The zero-order valence-corrected chi connectivity index (χ0v) is 13.8. The number of nitrogens with one attached hydrogen (secondary N) is 1. The molecule has 2 heterocycles. The van der Waals surface area contributed by atoms with Gasteiger partial charge in [-0.15, -0.1) is 0 Å². The quantitative estimate of drug-likeness (QED) is 0.899. The number of aromatic carboxylic acids is 1. The van der Waals surface area contributed by atoms with Gasteiger partial charge >= 0.3 is 12.0 Å². The number of carbonyl (C=O) groups is 2. The Morgan fingerprint density at radius 1 is 1.08 bits per heavy atom. The van der Waals surface area contributed by atoms with E-state index in [1.54, 1.807) is 24.3 Å². The van der Waals surface area contributed by atoms with E-state index in [1.165, 1.54) is 0 Å². The zero-order valence-electron chi connectivity index (χ0n) is 13.8. The molecule has 5 rings (SSSR count). The Bertz CT molecular complexity index is 810. The maximum absolute atomic E-state index is 12.3. The Balaban J connectivity index is 1.42. The van der Waals surface area contributed by atoms with Gasteiger partial charge in [-0.05, 0) is 53.6 Å². The zero-order chi connectivity index (χ0) is 17.4. The fourth-order valence-corrected chi connectivity index (χ4v) is 3.73. The molecule has 0 radical (unpaired) electrons. The lowest BCUT2D eigenvalue weighted by atomic mass is 9.86. The second-order valence-electron chi connectivity index (χ2n) is 6.89. The van der Waals surface area contributed by atoms with Crippen LogP contribution in [0.15, 0.2) is 48.5 Å². The lowest BCUT2D eigenvalue weighted by Gasteiger charge is -2.25. The van der Waals surface area contributed by atoms with Gasteiger partial charge in [0.05, 0.1) is 5.56 Å². The second-order valence-corrected chi connectivity index (χ2v) is 6.89. The highest BCUT2D eigenvalue weighted by molar-refractivity contribution is 5.88. The number of benzene rings is 2. The monoisotopic (exact) mass is 336 g/mol. The minimum absolute atomic E-state index is 0.0289. The first kappa shape index (κ1) is 15.7. The van der Waals surface area contributed by atoms with Crippen LogP contribution in [-0.4, -0.2) is 34.6 Å². The van der Waals surface area contributed by atoms with E-state index in [0.717, 1.165) is 36.1 Å². The second kappa shape index (κ2) is 6.24. The number of nitrogens with zero attached hydrogens (tertiary/aromatic N) is 1. The molecular formula is C20H20N2O3. The van der Waals surface area contributed by atoms with Gasteiger partial charge in [-0.25, -0.2) is 9.59 Å². The number of amides is 2. The number of carboxylic acid groups (broad SMARTS) is 1. The van der Waals surface area contributed by atoms with Gasteiger partial charge < -0.3 is 15.3 Å². The van der Waals surface area contributed by atoms with Crippen molar-refractivity contribution in [2.24, 2.45) is 5.92 Å². The van der Waals surface area contributed by atoms with Crippen molar-refractivity contribution in [1.82, 2.24) is 10.2 Å². The summed E-state index contributed by atoms with van der Waals surface area (Å²) in [5.41, 5.74) is 3.27. The number of carboxylic acids is 1. The molecule has 0 aromatic heterocycles. The first-order chi connectivity index (χ1) is 12.1. The summed E-state index contributed by atoms with van der Waals surface area (Å²) in [6, 6.07) is 15.2. The number of urea groups is 1. The summed E-state index contributed by atoms with van der Waals surface area (Å²) in [6.45, 7) is 1.39. The lowest BCUT2D eigenvalue weighted by Crippen LogP contribution is -2.41. The van der Waals surface area contributed by atoms with Crippen LogP contribution in [0.25, 0.3) is 11.1 Å². The Morgan fingerprint density at radius 2 is 1.84 bits per heavy atom. The number of rotatable bonds is 4. The van der Waals surface area contributed by atoms with Crippen LogP contribution in [-0.2, 0) is 6.54 Å². The summed E-state index contributed by atoms with van der Waals surface area (Å²) in [5, 5.41) is 12.0. The van der Waals surface area contributed by atoms with E-state index in [9.17, 15) is 9.59 Å². The van der Waals surface area contributed by atoms with Crippen molar-refractivity contribution in [3.05, 3.63) is 59.7 Å². The van der Waals surface area contributed by atoms with Crippen LogP contribution in [0.2, 0.25) is 0 Å². The smallest absolute Gasteiger partial charge is 0.335 e. The van der Waals surface area contributed by atoms with E-state index >= 15 is 0 Å². The average molecular weight is 336 g/mol. The number of hydrogen-bond acceptors (Lipinski definition) is 2. The molecule has 2 bridgehead atoms. The van der Waals surface area contributed by atoms with Crippen LogP contribution in [0.3, 0.4) is 0 Å². The molecule has 2 aliphatic heterocycles. The molecule has 3 fully saturated rings. The molecule has 0 unspecified atom stereocenters. The lowest BCUT2D eigenvalue weighted by molar-refractivity contribution is 0.0697. The Kier molecular flexibility index (Phi) is 3.92. The third-order valence-electron chi connectivity index (χ3n) is 5.20. The van der Waals surface area contributed by atoms with Crippen molar-refractivity contribution < 1.29 is 14.7 Å². The first-order valence-electron chi connectivity index (χ1n) is 8.57. The summed E-state index contributed by atoms with van der Waals surface area (Å²) >= 11 is 0. The molecule has 5 heteroatoms. The summed E-state index contributed by atoms with van der Waals surface area (Å²) < 4.78 is 0. The first-order valence-corrected chi connectivity index (χ1v) is 8.57. The van der Waals surface area contributed by atoms with E-state index in [0.29, 0.717) is 18.5 Å². The maximum atomic E-state index is 12.3. The Morgan fingerprint density at radius 3 is 2.48 bits per heavy atom. The summed E-state index contributed by atoms with van der Waals surface area (Å²) in [7, 11) is 0. The van der Waals surface area contributed by atoms with Gasteiger partial charge in [0.15, 0.2) is 0 Å². The minimum Gasteiger partial charge on any atom is -0.478 e. The van der Waals surface area contributed by atoms with Gasteiger partial charge in [0.25, 0.3) is 0 Å². The third-order valence-corrected chi connectivity index (χ3v) is 5.20. The Hall–Kier alpha value is -2.82. The van der Waals surface area contributed by atoms with E-state index in [4.69, 9.17) is 5.11 Å². The molecule has 3 aliphatic rings. The topological polar surface area (TPSA) is 69.6 Å². The van der Waals surface area contributed by atoms with Gasteiger partial charge in [0, 0.05) is 19.1 Å². The maximum Gasteiger partial charge on any atom is 0.335 e. The number of carbonyl (C=O) groups excluding carboxylic acids is 1. The standard InChI is InChI=1S/C20H20N2O3/c23-19(24)16-6-4-15(5-7-16)17-3-1-2-13(8-17)11-21-20(25)22-12-14-9-18(22)10-14/h1-8,14,18H,9-12H2,(H,21,25)(H,23,24). The van der Waals surface area contributed by atoms with Crippen LogP contribution in [0, 0.1) is 5.92 Å². The van der Waals surface area contributed by atoms with Crippen molar-refractivity contribution in [1.29, 1.82) is 0 Å². The molecule has 1 aliphatic carbocycles. The van der Waals surface area contributed by atoms with Crippen molar-refractivity contribution in [3.8, 4) is 11.1 Å². The summed E-state index contributed by atoms with van der Waals surface area (Å²) in [6.07, 6.45) is 2.32. The van der Waals surface area contributed by atoms with Gasteiger partial charge in [0.1, 0.15) is 0 Å². The highest BCUT2D eigenvalue weighted by Gasteiger charge is 2.44. The van der Waals surface area contributed by atoms with Crippen LogP contribution in [0.5, 0.6) is 0 Å². The molecule has 0 spiro atoms. The van der Waals surface area contributed by atoms with Crippen molar-refractivity contribution in [2.75, 3.05) is 6.54 Å². The van der Waals surface area contributed by atoms with Gasteiger partial charge in [-0.3, -0.25) is 0 Å². The van der Waals surface area contributed by atoms with E-state index in [2.05, 4.69) is 5.32 Å². The molecule has 2 amide bonds. The van der Waals surface area contributed by atoms with E-state index in [1.807, 2.05) is 29.2 Å². The molecule has 2 aromatic carbocycles. The molecule has 0 atom stereocenters. The van der Waals surface area contributed by atoms with Crippen LogP contribution >= 0.6 is 0 Å². The summed E-state index contributed by atoms with van der Waals surface area (Å²) in [5.74, 6) is -0.212. The highest BCUT2D eigenvalue weighted by Crippen LogP contribution is 2.40. The molecule has 2 aromatic rings. The molecule has 5 nitrogen and oxygen atoms in total. The fourth-order valence-electron chi connectivity index (χ4n) is 3.73. The van der Waals surface area contributed by atoms with Crippen molar-refractivity contribution in [3.63, 3.8) is 0 Å². The SMILES string of the molecule is O=C(O)c1ccc(-c2cccc(CNC(=O)N3CC4CC3C4)c2)cc1. The van der Waals surface area contributed by atoms with Gasteiger partial charge in [-0.1, -0.05) is 30.3 Å². The van der Waals surface area contributed by atoms with Crippen LogP contribution in [0.1, 0.15) is 28.8 Å². The largest absolute Gasteiger partial charge is 0.478 e. The molecule has 2 saturated heterocycles. The van der Waals surface area contributed by atoms with E-state index < -0.39 is 5.97 Å². The highest BCUT2D eigenvalue weighted by atomic mass is 16.4. The molecule has 25 heavy (non-hydrogen) atoms. The van der Waals surface area contributed by atoms with Gasteiger partial charge in [0.2, 0.25) is 0 Å². The number of fused-ring (bicyclic) bond motifs is 1. The molecule has 2 N–H and O–H groups in total. The fraction of sp³-hybridized carbons (Fsp3) is 0.300. The third kappa shape index (κ3) is 3.09. The average Bonchev–Trinajstić information content (AvgIpc) is 3.21. The van der Waals surface area contributed by atoms with Crippen molar-refractivity contribution >= 4 is 12.0 Å². The van der Waals surface area contributed by atoms with Crippen LogP contribution in [0.4, 0.5) is 4.79 Å². The molecule has 1 saturated carbocycles. The minimum atomic E-state index is -0.928. The molecule has 128 valence electrons. The molecular weight excluding hydrogens is 316 g/mol. The predicted octanol–water partition coefficient (Wildman–Crippen LogP) is 3.36.